The van der Waals surface area contributed by atoms with Crippen LogP contribution in [0.5, 0.6) is 0 Å². The van der Waals surface area contributed by atoms with Crippen LogP contribution in [0.25, 0.3) is 6.08 Å². The summed E-state index contributed by atoms with van der Waals surface area (Å²) in [6.45, 7) is 11.8. The number of esters is 1. The molecule has 0 saturated heterocycles. The van der Waals surface area contributed by atoms with Gasteiger partial charge in [-0.3, -0.25) is 57.9 Å². The number of rotatable bonds is 34. The summed E-state index contributed by atoms with van der Waals surface area (Å²) in [5, 5.41) is 11.2. The number of carbonyl (C=O) groups excluding carboxylic acids is 10. The van der Waals surface area contributed by atoms with Crippen molar-refractivity contribution in [1.82, 2.24) is 35.6 Å². The molecular weight excluding hydrogens is 1150 g/mol. The fourth-order valence-corrected chi connectivity index (χ4v) is 11.0. The molecule has 3 aliphatic heterocycles. The first-order valence-corrected chi connectivity index (χ1v) is 31.3. The van der Waals surface area contributed by atoms with Gasteiger partial charge < -0.3 is 42.4 Å². The number of Topliss-reactive ketones (excluding diaryl/α,β-unsaturated/α-hetero) is 2. The number of benzene rings is 3. The normalized spacial score (nSPS) is 14.3. The Hall–Kier alpha value is -9.18. The van der Waals surface area contributed by atoms with Crippen LogP contribution in [0, 0.1) is 11.8 Å². The van der Waals surface area contributed by atoms with Gasteiger partial charge in [-0.05, 0) is 110 Å². The van der Waals surface area contributed by atoms with E-state index in [-0.39, 0.29) is 112 Å². The maximum absolute atomic E-state index is 13.8. The van der Waals surface area contributed by atoms with Gasteiger partial charge in [-0.25, -0.2) is 9.79 Å². The van der Waals surface area contributed by atoms with Gasteiger partial charge in [0.25, 0.3) is 23.6 Å². The maximum atomic E-state index is 13.8. The van der Waals surface area contributed by atoms with Crippen molar-refractivity contribution in [3.63, 3.8) is 0 Å². The van der Waals surface area contributed by atoms with Gasteiger partial charge in [0, 0.05) is 137 Å². The molecule has 0 bridgehead atoms. The van der Waals surface area contributed by atoms with E-state index >= 15 is 0 Å². The summed E-state index contributed by atoms with van der Waals surface area (Å²) in [4.78, 5) is 143. The van der Waals surface area contributed by atoms with Crippen LogP contribution in [0.4, 0.5) is 16.2 Å². The number of pyridine rings is 1. The second-order valence-corrected chi connectivity index (χ2v) is 23.5. The molecule has 478 valence electrons. The topological polar surface area (TPSA) is 315 Å². The van der Waals surface area contributed by atoms with E-state index in [0.29, 0.717) is 109 Å². The average Bonchev–Trinajstić information content (AvgIpc) is 1.59. The number of hydrogen-bond acceptors (Lipinski definition) is 15. The smallest absolute Gasteiger partial charge is 0.312 e. The minimum absolute atomic E-state index is 0.00164. The molecular formula is C68H85N11O11. The highest BCUT2D eigenvalue weighted by molar-refractivity contribution is 6.13. The lowest BCUT2D eigenvalue weighted by molar-refractivity contribution is -0.145. The zero-order valence-electron chi connectivity index (χ0n) is 52.1. The number of unbranched alkanes of at least 4 members (excludes halogenated alkanes) is 2. The number of nitrogens with zero attached hydrogens (tertiary/aromatic N) is 5. The van der Waals surface area contributed by atoms with Crippen LogP contribution in [-0.4, -0.2) is 130 Å². The average molecular weight is 1230 g/mol. The van der Waals surface area contributed by atoms with Gasteiger partial charge in [0.2, 0.25) is 11.8 Å². The number of amidine groups is 1. The van der Waals surface area contributed by atoms with E-state index in [1.807, 2.05) is 56.9 Å². The van der Waals surface area contributed by atoms with Gasteiger partial charge in [0.05, 0.1) is 23.6 Å². The zero-order chi connectivity index (χ0) is 64.7. The number of nitrogens with one attached hydrogen (secondary N) is 4. The molecule has 7 rings (SSSR count). The van der Waals surface area contributed by atoms with Crippen molar-refractivity contribution in [1.29, 1.82) is 0 Å². The van der Waals surface area contributed by atoms with E-state index in [1.54, 1.807) is 60.8 Å². The Bertz CT molecular complexity index is 3330. The SMILES string of the molecule is CCCN(CCC)C(=O)C1=Cc2ccc(C(=O)Nc3cnc4c(c3)CN(Cc3ccc(C(=O)NCCCC(=O)OCc5ccc(CC(=O)[C@H](CCCNC(N)=O)NC(=O)[C@@H](CC(=O)CCCCCN6C(=O)C=CC6=O)C(C)C)cc5)cc3)CC4)cc2N=C(N)C1. The molecule has 8 N–H and O–H groups in total. The summed E-state index contributed by atoms with van der Waals surface area (Å²) in [5.41, 5.74) is 19.1. The first-order chi connectivity index (χ1) is 43.3. The van der Waals surface area contributed by atoms with E-state index in [9.17, 15) is 47.9 Å². The van der Waals surface area contributed by atoms with E-state index < -0.39 is 29.9 Å². The monoisotopic (exact) mass is 1230 g/mol. The first-order valence-electron chi connectivity index (χ1n) is 31.3. The molecule has 2 atom stereocenters. The largest absolute Gasteiger partial charge is 0.461 e. The molecule has 3 aliphatic rings. The highest BCUT2D eigenvalue weighted by Gasteiger charge is 2.30. The van der Waals surface area contributed by atoms with Crippen LogP contribution in [-0.2, 0) is 70.8 Å². The van der Waals surface area contributed by atoms with Crippen molar-refractivity contribution in [2.45, 2.75) is 143 Å². The molecule has 0 radical (unpaired) electrons. The number of ether oxygens (including phenoxy) is 1. The van der Waals surface area contributed by atoms with Gasteiger partial charge in [-0.2, -0.15) is 0 Å². The van der Waals surface area contributed by atoms with Gasteiger partial charge in [0.1, 0.15) is 18.2 Å². The minimum atomic E-state index is -0.907. The summed E-state index contributed by atoms with van der Waals surface area (Å²) in [7, 11) is 0. The molecule has 4 aromatic rings. The fraction of sp³-hybridized carbons (Fsp3) is 0.441. The minimum Gasteiger partial charge on any atom is -0.461 e. The van der Waals surface area contributed by atoms with Crippen LogP contribution < -0.4 is 32.7 Å². The number of urea groups is 1. The molecule has 90 heavy (non-hydrogen) atoms. The van der Waals surface area contributed by atoms with Crippen LogP contribution in [0.2, 0.25) is 0 Å². The van der Waals surface area contributed by atoms with Crippen molar-refractivity contribution in [3.05, 3.63) is 141 Å². The Balaban J connectivity index is 0.805. The number of primary amides is 1. The Morgan fingerprint density at radius 3 is 2.16 bits per heavy atom. The molecule has 0 saturated carbocycles. The summed E-state index contributed by atoms with van der Waals surface area (Å²) >= 11 is 0. The van der Waals surface area contributed by atoms with Gasteiger partial charge in [-0.15, -0.1) is 0 Å². The number of ketones is 2. The maximum Gasteiger partial charge on any atom is 0.312 e. The number of fused-ring (bicyclic) bond motifs is 2. The third-order valence-corrected chi connectivity index (χ3v) is 16.0. The van der Waals surface area contributed by atoms with Crippen LogP contribution in [0.15, 0.2) is 102 Å². The fourth-order valence-electron chi connectivity index (χ4n) is 11.0. The molecule has 0 spiro atoms. The van der Waals surface area contributed by atoms with Crippen LogP contribution >= 0.6 is 0 Å². The molecule has 8 amide bonds. The van der Waals surface area contributed by atoms with Gasteiger partial charge in [-0.1, -0.05) is 76.6 Å². The number of imide groups is 1. The molecule has 22 nitrogen and oxygen atoms in total. The number of amides is 8. The predicted octanol–water partition coefficient (Wildman–Crippen LogP) is 7.33. The Kier molecular flexibility index (Phi) is 25.8. The second kappa shape index (κ2) is 34.0. The highest BCUT2D eigenvalue weighted by atomic mass is 16.5. The quantitative estimate of drug-likeness (QED) is 0.0152. The third kappa shape index (κ3) is 20.7. The summed E-state index contributed by atoms with van der Waals surface area (Å²) in [6.07, 6.45) is 11.5. The number of nitrogens with two attached hydrogens (primary N) is 2. The number of anilines is 1. The van der Waals surface area contributed by atoms with Gasteiger partial charge in [0.15, 0.2) is 5.78 Å². The summed E-state index contributed by atoms with van der Waals surface area (Å²) < 4.78 is 5.50. The molecule has 0 unspecified atom stereocenters. The molecule has 4 heterocycles. The van der Waals surface area contributed by atoms with E-state index in [0.717, 1.165) is 47.5 Å². The lowest BCUT2D eigenvalue weighted by atomic mass is 9.88. The van der Waals surface area contributed by atoms with Crippen molar-refractivity contribution in [3.8, 4) is 0 Å². The zero-order valence-corrected chi connectivity index (χ0v) is 52.1. The van der Waals surface area contributed by atoms with E-state index in [1.165, 1.54) is 12.2 Å². The Labute approximate surface area is 526 Å². The standard InChI is InChI=1S/C68H85N11O11/c1-5-30-78(31-6-2)67(88)51-35-49-23-24-50(37-58(49)75-60(69)38-51)65(86)74-53-36-52-42-77(33-27-56(52)73-40-53)41-46-19-21-48(22-20-46)64(85)71-28-11-14-63(84)90-43-47-17-15-45(16-18-47)34-59(81)57(13-10-29-72-68(70)89)76-66(87)55(44(3)4)39-54(80)12-8-7-9-32-79-61(82)25-26-62(79)83/h15-26,35-37,40,44,55,57H,5-14,27-34,38-39,41-43H2,1-4H3,(H2,69,75)(H,71,85)(H,74,86)(H,76,87)(H3,70,72,89)/t55-,57-/m0/s1. The molecule has 3 aromatic carbocycles. The number of carbonyl (C=O) groups is 10. The second-order valence-electron chi connectivity index (χ2n) is 23.5. The van der Waals surface area contributed by atoms with Crippen molar-refractivity contribution in [2.24, 2.45) is 28.3 Å². The number of aromatic nitrogens is 1. The Morgan fingerprint density at radius 2 is 1.46 bits per heavy atom. The molecule has 0 aliphatic carbocycles. The van der Waals surface area contributed by atoms with Crippen LogP contribution in [0.3, 0.4) is 0 Å². The predicted molar refractivity (Wildman–Crippen MR) is 341 cm³/mol. The van der Waals surface area contributed by atoms with Crippen molar-refractivity contribution < 1.29 is 52.7 Å². The highest BCUT2D eigenvalue weighted by Crippen LogP contribution is 2.30. The summed E-state index contributed by atoms with van der Waals surface area (Å²) in [5.74, 6) is -3.17. The lowest BCUT2D eigenvalue weighted by Crippen LogP contribution is -2.46. The third-order valence-electron chi connectivity index (χ3n) is 16.0. The molecule has 0 fully saturated rings. The van der Waals surface area contributed by atoms with Gasteiger partial charge >= 0.3 is 12.0 Å². The summed E-state index contributed by atoms with van der Waals surface area (Å²) in [6, 6.07) is 19.9. The first kappa shape index (κ1) is 68.3. The lowest BCUT2D eigenvalue weighted by Gasteiger charge is -2.28. The molecule has 1 aromatic heterocycles. The van der Waals surface area contributed by atoms with Crippen molar-refractivity contribution in [2.75, 3.05) is 44.6 Å². The van der Waals surface area contributed by atoms with Crippen LogP contribution in [0.1, 0.15) is 159 Å². The van der Waals surface area contributed by atoms with E-state index in [2.05, 4.69) is 36.1 Å². The number of hydrogen-bond donors (Lipinski definition) is 6. The number of aliphatic imine (C=N–C) groups is 1. The van der Waals surface area contributed by atoms with E-state index in [4.69, 9.17) is 16.2 Å². The Morgan fingerprint density at radius 1 is 0.767 bits per heavy atom. The van der Waals surface area contributed by atoms with Crippen molar-refractivity contribution >= 4 is 82.3 Å². The molecule has 22 heteroatoms.